The van der Waals surface area contributed by atoms with E-state index in [4.69, 9.17) is 0 Å². The fraction of sp³-hybridized carbons (Fsp3) is 0.400. The van der Waals surface area contributed by atoms with E-state index in [2.05, 4.69) is 6.58 Å². The Hall–Kier alpha value is -0.880. The zero-order chi connectivity index (χ0) is 9.07. The summed E-state index contributed by atoms with van der Waals surface area (Å²) in [6.07, 6.45) is 0.936. The molecule has 2 N–H and O–H groups in total. The first kappa shape index (κ1) is 10.1. The molecule has 1 amide bonds. The van der Waals surface area contributed by atoms with Crippen molar-refractivity contribution >= 4 is 15.9 Å². The summed E-state index contributed by atoms with van der Waals surface area (Å²) in [6, 6.07) is 0. The molecule has 0 aliphatic rings. The van der Waals surface area contributed by atoms with E-state index in [1.165, 1.54) is 6.92 Å². The van der Waals surface area contributed by atoms with Gasteiger partial charge in [-0.25, -0.2) is 8.42 Å². The van der Waals surface area contributed by atoms with Gasteiger partial charge in [-0.15, -0.1) is 4.83 Å². The highest BCUT2D eigenvalue weighted by Crippen LogP contribution is 1.83. The van der Waals surface area contributed by atoms with Crippen molar-refractivity contribution in [2.75, 3.05) is 6.26 Å². The molecule has 0 fully saturated rings. The Morgan fingerprint density at radius 2 is 1.91 bits per heavy atom. The molecule has 11 heavy (non-hydrogen) atoms. The first-order valence-corrected chi connectivity index (χ1v) is 4.64. The molecule has 0 spiro atoms. The van der Waals surface area contributed by atoms with Crippen molar-refractivity contribution in [3.63, 3.8) is 0 Å². The van der Waals surface area contributed by atoms with Crippen LogP contribution >= 0.6 is 0 Å². The molecule has 0 aromatic carbocycles. The molecule has 0 aromatic rings. The van der Waals surface area contributed by atoms with Crippen molar-refractivity contribution in [2.45, 2.75) is 6.92 Å². The average Bonchev–Trinajstić information content (AvgIpc) is 1.80. The van der Waals surface area contributed by atoms with Crippen molar-refractivity contribution in [1.82, 2.24) is 10.3 Å². The highest BCUT2D eigenvalue weighted by atomic mass is 32.2. The van der Waals surface area contributed by atoms with Crippen LogP contribution < -0.4 is 10.3 Å². The van der Waals surface area contributed by atoms with Crippen LogP contribution in [-0.2, 0) is 14.8 Å². The number of sulfonamides is 1. The second-order valence-corrected chi connectivity index (χ2v) is 3.86. The highest BCUT2D eigenvalue weighted by Gasteiger charge is 2.03. The third-order valence-electron chi connectivity index (χ3n) is 0.738. The number of carbonyl (C=O) groups excluding carboxylic acids is 1. The Balaban J connectivity index is 3.92. The lowest BCUT2D eigenvalue weighted by Crippen LogP contribution is -2.41. The third kappa shape index (κ3) is 5.56. The van der Waals surface area contributed by atoms with Crippen LogP contribution in [0.4, 0.5) is 0 Å². The molecule has 6 heteroatoms. The summed E-state index contributed by atoms with van der Waals surface area (Å²) in [7, 11) is -3.38. The van der Waals surface area contributed by atoms with Gasteiger partial charge in [0.05, 0.1) is 6.26 Å². The van der Waals surface area contributed by atoms with Crippen molar-refractivity contribution in [1.29, 1.82) is 0 Å². The SMILES string of the molecule is C=C(C)C(=O)NNS(C)(=O)=O. The van der Waals surface area contributed by atoms with Gasteiger partial charge in [-0.2, -0.15) is 0 Å². The molecular formula is C5H10N2O3S. The van der Waals surface area contributed by atoms with Gasteiger partial charge in [-0.1, -0.05) is 6.58 Å². The molecule has 0 aliphatic heterocycles. The van der Waals surface area contributed by atoms with E-state index in [0.29, 0.717) is 0 Å². The van der Waals surface area contributed by atoms with Gasteiger partial charge in [0.2, 0.25) is 10.0 Å². The predicted molar refractivity (Wildman–Crippen MR) is 40.9 cm³/mol. The van der Waals surface area contributed by atoms with E-state index in [9.17, 15) is 13.2 Å². The molecule has 0 aromatic heterocycles. The van der Waals surface area contributed by atoms with Gasteiger partial charge in [0.25, 0.3) is 5.91 Å². The van der Waals surface area contributed by atoms with Crippen LogP contribution in [0.1, 0.15) is 6.92 Å². The zero-order valence-corrected chi connectivity index (χ0v) is 7.16. The Bertz CT molecular complexity index is 267. The molecule has 0 heterocycles. The summed E-state index contributed by atoms with van der Waals surface area (Å²) >= 11 is 0. The third-order valence-corrected chi connectivity index (χ3v) is 1.21. The summed E-state index contributed by atoms with van der Waals surface area (Å²) in [5.41, 5.74) is 2.18. The molecule has 0 radical (unpaired) electrons. The molecule has 0 saturated heterocycles. The lowest BCUT2D eigenvalue weighted by Gasteiger charge is -2.02. The largest absolute Gasteiger partial charge is 0.274 e. The van der Waals surface area contributed by atoms with Crippen LogP contribution in [0, 0.1) is 0 Å². The summed E-state index contributed by atoms with van der Waals surface area (Å²) < 4.78 is 20.8. The van der Waals surface area contributed by atoms with Crippen LogP contribution in [-0.4, -0.2) is 20.6 Å². The minimum Gasteiger partial charge on any atom is -0.274 e. The number of nitrogens with one attached hydrogen (secondary N) is 2. The number of carbonyl (C=O) groups is 1. The molecule has 0 saturated carbocycles. The van der Waals surface area contributed by atoms with Gasteiger partial charge in [0, 0.05) is 5.57 Å². The van der Waals surface area contributed by atoms with Crippen LogP contribution in [0.3, 0.4) is 0 Å². The summed E-state index contributed by atoms with van der Waals surface area (Å²) in [4.78, 5) is 12.5. The van der Waals surface area contributed by atoms with Crippen LogP contribution in [0.2, 0.25) is 0 Å². The number of rotatable bonds is 3. The topological polar surface area (TPSA) is 75.3 Å². The fourth-order valence-corrected chi connectivity index (χ4v) is 0.524. The summed E-state index contributed by atoms with van der Waals surface area (Å²) in [5.74, 6) is -0.546. The maximum Gasteiger partial charge on any atom is 0.261 e. The van der Waals surface area contributed by atoms with Gasteiger partial charge in [0.15, 0.2) is 0 Å². The smallest absolute Gasteiger partial charge is 0.261 e. The number of hydrogen-bond donors (Lipinski definition) is 2. The lowest BCUT2D eigenvalue weighted by molar-refractivity contribution is -0.117. The maximum absolute atomic E-state index is 10.7. The molecule has 0 bridgehead atoms. The van der Waals surface area contributed by atoms with Crippen LogP contribution in [0.25, 0.3) is 0 Å². The van der Waals surface area contributed by atoms with Crippen molar-refractivity contribution in [3.8, 4) is 0 Å². The minimum atomic E-state index is -3.38. The molecule has 64 valence electrons. The molecular weight excluding hydrogens is 168 g/mol. The molecule has 0 atom stereocenters. The van der Waals surface area contributed by atoms with Crippen molar-refractivity contribution in [2.24, 2.45) is 0 Å². The van der Waals surface area contributed by atoms with E-state index in [0.717, 1.165) is 6.26 Å². The normalized spacial score (nSPS) is 10.7. The lowest BCUT2D eigenvalue weighted by atomic mass is 10.3. The Kier molecular flexibility index (Phi) is 3.21. The van der Waals surface area contributed by atoms with Gasteiger partial charge >= 0.3 is 0 Å². The number of hydrogen-bond acceptors (Lipinski definition) is 3. The van der Waals surface area contributed by atoms with Gasteiger partial charge in [-0.05, 0) is 6.92 Å². The Morgan fingerprint density at radius 3 is 2.18 bits per heavy atom. The summed E-state index contributed by atoms with van der Waals surface area (Å²) in [5, 5.41) is 0. The molecule has 0 aliphatic carbocycles. The number of hydrazine groups is 1. The van der Waals surface area contributed by atoms with Crippen molar-refractivity contribution < 1.29 is 13.2 Å². The standard InChI is InChI=1S/C5H10N2O3S/c1-4(2)5(8)6-7-11(3,9)10/h7H,1H2,2-3H3,(H,6,8). The average molecular weight is 178 g/mol. The first-order chi connectivity index (χ1) is 4.83. The summed E-state index contributed by atoms with van der Waals surface area (Å²) in [6.45, 7) is 4.78. The Morgan fingerprint density at radius 1 is 1.45 bits per heavy atom. The van der Waals surface area contributed by atoms with E-state index < -0.39 is 15.9 Å². The molecule has 0 rings (SSSR count). The highest BCUT2D eigenvalue weighted by molar-refractivity contribution is 7.88. The van der Waals surface area contributed by atoms with Crippen LogP contribution in [0.5, 0.6) is 0 Å². The second kappa shape index (κ2) is 3.49. The van der Waals surface area contributed by atoms with Gasteiger partial charge in [0.1, 0.15) is 0 Å². The van der Waals surface area contributed by atoms with Gasteiger partial charge in [-0.3, -0.25) is 10.2 Å². The molecule has 0 unspecified atom stereocenters. The molecule has 5 nitrogen and oxygen atoms in total. The van der Waals surface area contributed by atoms with Crippen molar-refractivity contribution in [3.05, 3.63) is 12.2 Å². The second-order valence-electron chi connectivity index (χ2n) is 2.11. The van der Waals surface area contributed by atoms with E-state index >= 15 is 0 Å². The number of amides is 1. The van der Waals surface area contributed by atoms with Crippen LogP contribution in [0.15, 0.2) is 12.2 Å². The quantitative estimate of drug-likeness (QED) is 0.436. The maximum atomic E-state index is 10.7. The monoisotopic (exact) mass is 178 g/mol. The van der Waals surface area contributed by atoms with E-state index in [1.54, 1.807) is 0 Å². The minimum absolute atomic E-state index is 0.237. The first-order valence-electron chi connectivity index (χ1n) is 2.75. The fourth-order valence-electron chi connectivity index (χ4n) is 0.246. The van der Waals surface area contributed by atoms with E-state index in [1.807, 2.05) is 10.3 Å². The van der Waals surface area contributed by atoms with E-state index in [-0.39, 0.29) is 5.57 Å². The zero-order valence-electron chi connectivity index (χ0n) is 6.34. The predicted octanol–water partition coefficient (Wildman–Crippen LogP) is -0.857. The Labute approximate surface area is 65.5 Å². The van der Waals surface area contributed by atoms with Gasteiger partial charge < -0.3 is 0 Å².